The quantitative estimate of drug-likeness (QED) is 0.833. The minimum atomic E-state index is -0.755. The van der Waals surface area contributed by atoms with Gasteiger partial charge in [0, 0.05) is 22.8 Å². The van der Waals surface area contributed by atoms with Gasteiger partial charge in [-0.05, 0) is 30.4 Å². The number of carboxylic acids is 1. The molecule has 0 spiro atoms. The lowest BCUT2D eigenvalue weighted by atomic mass is 9.89. The van der Waals surface area contributed by atoms with Crippen molar-refractivity contribution >= 4 is 17.3 Å². The predicted octanol–water partition coefficient (Wildman–Crippen LogP) is 3.05. The van der Waals surface area contributed by atoms with E-state index >= 15 is 0 Å². The van der Waals surface area contributed by atoms with E-state index in [0.717, 1.165) is 18.0 Å². The summed E-state index contributed by atoms with van der Waals surface area (Å²) in [5, 5.41) is 12.2. The van der Waals surface area contributed by atoms with Crippen molar-refractivity contribution < 1.29 is 9.90 Å². The van der Waals surface area contributed by atoms with Crippen LogP contribution in [0.4, 0.5) is 0 Å². The lowest BCUT2D eigenvalue weighted by molar-refractivity contribution is -0.136. The van der Waals surface area contributed by atoms with Crippen LogP contribution in [0.15, 0.2) is 12.1 Å². The zero-order valence-electron chi connectivity index (χ0n) is 10.9. The first-order valence-corrected chi connectivity index (χ1v) is 7.39. The van der Waals surface area contributed by atoms with Gasteiger partial charge in [-0.3, -0.25) is 4.79 Å². The van der Waals surface area contributed by atoms with E-state index in [-0.39, 0.29) is 6.42 Å². The summed E-state index contributed by atoms with van der Waals surface area (Å²) in [7, 11) is 0. The van der Waals surface area contributed by atoms with Crippen molar-refractivity contribution in [3.05, 3.63) is 21.9 Å². The van der Waals surface area contributed by atoms with Crippen LogP contribution in [0, 0.1) is 5.41 Å². The van der Waals surface area contributed by atoms with Gasteiger partial charge in [-0.2, -0.15) is 0 Å². The van der Waals surface area contributed by atoms with Crippen LogP contribution in [0.25, 0.3) is 0 Å². The monoisotopic (exact) mass is 267 g/mol. The second-order valence-corrected chi connectivity index (χ2v) is 6.81. The molecular weight excluding hydrogens is 246 g/mol. The molecule has 1 saturated carbocycles. The summed E-state index contributed by atoms with van der Waals surface area (Å²) in [6, 6.07) is 3.96. The van der Waals surface area contributed by atoms with Gasteiger partial charge in [0.25, 0.3) is 0 Å². The summed E-state index contributed by atoms with van der Waals surface area (Å²) in [6.45, 7) is 4.29. The number of rotatable bonds is 6. The first-order valence-electron chi connectivity index (χ1n) is 6.58. The van der Waals surface area contributed by atoms with E-state index in [1.54, 1.807) is 11.3 Å². The highest BCUT2D eigenvalue weighted by Gasteiger charge is 2.27. The normalized spacial score (nSPS) is 18.1. The topological polar surface area (TPSA) is 49.3 Å². The Morgan fingerprint density at radius 3 is 2.72 bits per heavy atom. The molecule has 3 nitrogen and oxygen atoms in total. The van der Waals surface area contributed by atoms with Gasteiger partial charge in [-0.1, -0.05) is 19.8 Å². The average Bonchev–Trinajstić information content (AvgIpc) is 2.88. The summed E-state index contributed by atoms with van der Waals surface area (Å²) in [4.78, 5) is 12.8. The summed E-state index contributed by atoms with van der Waals surface area (Å²) < 4.78 is 0. The summed E-state index contributed by atoms with van der Waals surface area (Å²) >= 11 is 1.60. The van der Waals surface area contributed by atoms with E-state index in [1.807, 2.05) is 12.1 Å². The zero-order chi connectivity index (χ0) is 13.0. The van der Waals surface area contributed by atoms with E-state index in [2.05, 4.69) is 12.2 Å². The first kappa shape index (κ1) is 13.6. The lowest BCUT2D eigenvalue weighted by Crippen LogP contribution is -2.28. The fraction of sp³-hybridized carbons (Fsp3) is 0.643. The smallest absolute Gasteiger partial charge is 0.308 e. The van der Waals surface area contributed by atoms with Gasteiger partial charge in [0.05, 0.1) is 6.42 Å². The van der Waals surface area contributed by atoms with Crippen LogP contribution in [-0.2, 0) is 17.8 Å². The van der Waals surface area contributed by atoms with Crippen molar-refractivity contribution in [3.63, 3.8) is 0 Å². The highest BCUT2D eigenvalue weighted by Crippen LogP contribution is 2.36. The maximum Gasteiger partial charge on any atom is 0.308 e. The van der Waals surface area contributed by atoms with Crippen molar-refractivity contribution in [1.82, 2.24) is 5.32 Å². The minimum Gasteiger partial charge on any atom is -0.481 e. The number of hydrogen-bond acceptors (Lipinski definition) is 3. The predicted molar refractivity (Wildman–Crippen MR) is 73.9 cm³/mol. The Morgan fingerprint density at radius 2 is 2.06 bits per heavy atom. The number of hydrogen-bond donors (Lipinski definition) is 2. The molecule has 100 valence electrons. The van der Waals surface area contributed by atoms with Crippen LogP contribution in [0.5, 0.6) is 0 Å². The fourth-order valence-electron chi connectivity index (χ4n) is 2.65. The zero-order valence-corrected chi connectivity index (χ0v) is 11.7. The van der Waals surface area contributed by atoms with Gasteiger partial charge in [0.15, 0.2) is 0 Å². The maximum absolute atomic E-state index is 10.6. The maximum atomic E-state index is 10.6. The SMILES string of the molecule is CC1(CNCc2ccc(CC(=O)O)s2)CCCC1. The van der Waals surface area contributed by atoms with Gasteiger partial charge >= 0.3 is 5.97 Å². The fourth-order valence-corrected chi connectivity index (χ4v) is 3.63. The molecule has 0 saturated heterocycles. The van der Waals surface area contributed by atoms with Crippen LogP contribution in [0.2, 0.25) is 0 Å². The van der Waals surface area contributed by atoms with E-state index in [1.165, 1.54) is 30.6 Å². The van der Waals surface area contributed by atoms with Crippen LogP contribution < -0.4 is 5.32 Å². The molecule has 0 aromatic carbocycles. The number of aliphatic carboxylic acids is 1. The second kappa shape index (κ2) is 5.85. The van der Waals surface area contributed by atoms with Crippen molar-refractivity contribution in [2.24, 2.45) is 5.41 Å². The highest BCUT2D eigenvalue weighted by atomic mass is 32.1. The molecule has 4 heteroatoms. The average molecular weight is 267 g/mol. The molecule has 0 amide bonds. The number of nitrogens with one attached hydrogen (secondary N) is 1. The molecule has 1 heterocycles. The van der Waals surface area contributed by atoms with Crippen LogP contribution in [-0.4, -0.2) is 17.6 Å². The molecule has 18 heavy (non-hydrogen) atoms. The number of carbonyl (C=O) groups is 1. The molecule has 2 rings (SSSR count). The number of carboxylic acid groups (broad SMARTS) is 1. The Kier molecular flexibility index (Phi) is 4.40. The summed E-state index contributed by atoms with van der Waals surface area (Å²) in [5.74, 6) is -0.755. The Labute approximate surface area is 112 Å². The third-order valence-electron chi connectivity index (χ3n) is 3.70. The van der Waals surface area contributed by atoms with Gasteiger partial charge in [0.1, 0.15) is 0 Å². The van der Waals surface area contributed by atoms with E-state index in [9.17, 15) is 4.79 Å². The van der Waals surface area contributed by atoms with Gasteiger partial charge < -0.3 is 10.4 Å². The molecule has 2 N–H and O–H groups in total. The third kappa shape index (κ3) is 3.82. The molecule has 1 aromatic heterocycles. The third-order valence-corrected chi connectivity index (χ3v) is 4.79. The molecule has 0 aliphatic heterocycles. The standard InChI is InChI=1S/C14H21NO2S/c1-14(6-2-3-7-14)10-15-9-12-5-4-11(18-12)8-13(16)17/h4-5,15H,2-3,6-10H2,1H3,(H,16,17). The Morgan fingerprint density at radius 1 is 1.39 bits per heavy atom. The van der Waals surface area contributed by atoms with E-state index in [0.29, 0.717) is 5.41 Å². The van der Waals surface area contributed by atoms with Crippen molar-refractivity contribution in [3.8, 4) is 0 Å². The lowest BCUT2D eigenvalue weighted by Gasteiger charge is -2.23. The summed E-state index contributed by atoms with van der Waals surface area (Å²) in [5.41, 5.74) is 0.473. The molecule has 1 aliphatic rings. The Balaban J connectivity index is 1.76. The molecule has 1 aliphatic carbocycles. The molecule has 0 unspecified atom stereocenters. The molecular formula is C14H21NO2S. The molecule has 1 aromatic rings. The number of thiophene rings is 1. The van der Waals surface area contributed by atoms with Crippen LogP contribution >= 0.6 is 11.3 Å². The van der Waals surface area contributed by atoms with Gasteiger partial charge in [-0.15, -0.1) is 11.3 Å². The summed E-state index contributed by atoms with van der Waals surface area (Å²) in [6.07, 6.45) is 5.52. The molecule has 1 fully saturated rings. The first-order chi connectivity index (χ1) is 8.57. The van der Waals surface area contributed by atoms with Gasteiger partial charge in [0.2, 0.25) is 0 Å². The van der Waals surface area contributed by atoms with Crippen molar-refractivity contribution in [2.75, 3.05) is 6.54 Å². The van der Waals surface area contributed by atoms with Crippen molar-refractivity contribution in [1.29, 1.82) is 0 Å². The minimum absolute atomic E-state index is 0.141. The highest BCUT2D eigenvalue weighted by molar-refractivity contribution is 7.12. The molecule has 0 radical (unpaired) electrons. The Hall–Kier alpha value is -0.870. The molecule has 0 atom stereocenters. The molecule has 0 bridgehead atoms. The Bertz CT molecular complexity index is 408. The van der Waals surface area contributed by atoms with Crippen LogP contribution in [0.3, 0.4) is 0 Å². The van der Waals surface area contributed by atoms with E-state index in [4.69, 9.17) is 5.11 Å². The van der Waals surface area contributed by atoms with Crippen LogP contribution in [0.1, 0.15) is 42.4 Å². The largest absolute Gasteiger partial charge is 0.481 e. The van der Waals surface area contributed by atoms with E-state index < -0.39 is 5.97 Å². The van der Waals surface area contributed by atoms with Crippen molar-refractivity contribution in [2.45, 2.75) is 45.6 Å². The van der Waals surface area contributed by atoms with Gasteiger partial charge in [-0.25, -0.2) is 0 Å². The second-order valence-electron chi connectivity index (χ2n) is 5.56.